The van der Waals surface area contributed by atoms with Gasteiger partial charge in [-0.2, -0.15) is 5.10 Å². The van der Waals surface area contributed by atoms with E-state index in [9.17, 15) is 0 Å². The highest BCUT2D eigenvalue weighted by Gasteiger charge is 2.22. The van der Waals surface area contributed by atoms with Crippen molar-refractivity contribution in [3.8, 4) is 0 Å². The maximum absolute atomic E-state index is 4.20. The average Bonchev–Trinajstić information content (AvgIpc) is 2.87. The molecule has 1 fully saturated rings. The van der Waals surface area contributed by atoms with Crippen molar-refractivity contribution < 1.29 is 0 Å². The lowest BCUT2D eigenvalue weighted by Gasteiger charge is -2.16. The molecule has 1 aromatic rings. The molecule has 2 rings (SSSR count). The van der Waals surface area contributed by atoms with Gasteiger partial charge in [-0.15, -0.1) is 0 Å². The number of aryl methyl sites for hydroxylation is 1. The number of hydrogen-bond acceptors (Lipinski definition) is 3. The number of aromatic nitrogens is 2. The van der Waals surface area contributed by atoms with Gasteiger partial charge >= 0.3 is 0 Å². The second kappa shape index (κ2) is 5.46. The summed E-state index contributed by atoms with van der Waals surface area (Å²) in [6, 6.07) is 2.11. The molecule has 1 atom stereocenters. The molecule has 1 unspecified atom stereocenters. The van der Waals surface area contributed by atoms with Gasteiger partial charge in [0.05, 0.1) is 5.69 Å². The van der Waals surface area contributed by atoms with Crippen LogP contribution in [0, 0.1) is 5.92 Å². The SMILES string of the molecule is CCNCC1CCN(Cc2ccnn2C)C1. The molecule has 1 aliphatic rings. The molecule has 0 amide bonds. The molecule has 4 heteroatoms. The molecule has 1 aliphatic heterocycles. The molecule has 0 saturated carbocycles. The van der Waals surface area contributed by atoms with Crippen molar-refractivity contribution in [2.24, 2.45) is 13.0 Å². The lowest BCUT2D eigenvalue weighted by atomic mass is 10.1. The van der Waals surface area contributed by atoms with Gasteiger partial charge < -0.3 is 5.32 Å². The molecule has 1 N–H and O–H groups in total. The minimum absolute atomic E-state index is 0.827. The lowest BCUT2D eigenvalue weighted by molar-refractivity contribution is 0.306. The van der Waals surface area contributed by atoms with E-state index in [1.165, 1.54) is 31.7 Å². The second-order valence-corrected chi connectivity index (χ2v) is 4.64. The van der Waals surface area contributed by atoms with Crippen LogP contribution in [0.1, 0.15) is 19.0 Å². The molecule has 0 radical (unpaired) electrons. The first kappa shape index (κ1) is 11.6. The van der Waals surface area contributed by atoms with Gasteiger partial charge in [-0.05, 0) is 38.0 Å². The van der Waals surface area contributed by atoms with Gasteiger partial charge in [0.1, 0.15) is 0 Å². The van der Waals surface area contributed by atoms with Crippen molar-refractivity contribution in [2.75, 3.05) is 26.2 Å². The Hall–Kier alpha value is -0.870. The van der Waals surface area contributed by atoms with Gasteiger partial charge in [0, 0.05) is 26.3 Å². The van der Waals surface area contributed by atoms with E-state index in [0.29, 0.717) is 0 Å². The minimum Gasteiger partial charge on any atom is -0.317 e. The van der Waals surface area contributed by atoms with Crippen molar-refractivity contribution >= 4 is 0 Å². The Bertz CT molecular complexity index is 321. The summed E-state index contributed by atoms with van der Waals surface area (Å²) in [6.45, 7) is 7.90. The Labute approximate surface area is 97.6 Å². The summed E-state index contributed by atoms with van der Waals surface area (Å²) < 4.78 is 1.97. The second-order valence-electron chi connectivity index (χ2n) is 4.64. The molecular weight excluding hydrogens is 200 g/mol. The summed E-state index contributed by atoms with van der Waals surface area (Å²) in [4.78, 5) is 2.53. The van der Waals surface area contributed by atoms with E-state index in [0.717, 1.165) is 19.0 Å². The van der Waals surface area contributed by atoms with Gasteiger partial charge in [0.15, 0.2) is 0 Å². The topological polar surface area (TPSA) is 33.1 Å². The molecule has 0 spiro atoms. The summed E-state index contributed by atoms with van der Waals surface area (Å²) in [7, 11) is 2.02. The van der Waals surface area contributed by atoms with E-state index >= 15 is 0 Å². The first-order valence-corrected chi connectivity index (χ1v) is 6.19. The minimum atomic E-state index is 0.827. The van der Waals surface area contributed by atoms with Gasteiger partial charge in [0.2, 0.25) is 0 Å². The molecule has 90 valence electrons. The molecule has 2 heterocycles. The van der Waals surface area contributed by atoms with Crippen LogP contribution in [0.2, 0.25) is 0 Å². The van der Waals surface area contributed by atoms with Crippen LogP contribution in [-0.2, 0) is 13.6 Å². The van der Waals surface area contributed by atoms with E-state index in [2.05, 4.69) is 28.3 Å². The van der Waals surface area contributed by atoms with E-state index < -0.39 is 0 Å². The number of hydrogen-bond donors (Lipinski definition) is 1. The smallest absolute Gasteiger partial charge is 0.0521 e. The zero-order valence-electron chi connectivity index (χ0n) is 10.3. The van der Waals surface area contributed by atoms with E-state index in [1.807, 2.05) is 17.9 Å². The normalized spacial score (nSPS) is 21.8. The zero-order chi connectivity index (χ0) is 11.4. The predicted molar refractivity (Wildman–Crippen MR) is 65.1 cm³/mol. The fourth-order valence-electron chi connectivity index (χ4n) is 2.36. The quantitative estimate of drug-likeness (QED) is 0.802. The first-order chi connectivity index (χ1) is 7.79. The Morgan fingerprint density at radius 3 is 3.12 bits per heavy atom. The Balaban J connectivity index is 1.79. The summed E-state index contributed by atoms with van der Waals surface area (Å²) in [5.41, 5.74) is 1.31. The first-order valence-electron chi connectivity index (χ1n) is 6.19. The number of nitrogens with zero attached hydrogens (tertiary/aromatic N) is 3. The van der Waals surface area contributed by atoms with Gasteiger partial charge in [-0.3, -0.25) is 9.58 Å². The van der Waals surface area contributed by atoms with Crippen LogP contribution in [-0.4, -0.2) is 40.9 Å². The number of likely N-dealkylation sites (tertiary alicyclic amines) is 1. The van der Waals surface area contributed by atoms with E-state index in [4.69, 9.17) is 0 Å². The fraction of sp³-hybridized carbons (Fsp3) is 0.750. The number of nitrogens with one attached hydrogen (secondary N) is 1. The highest BCUT2D eigenvalue weighted by Crippen LogP contribution is 2.17. The summed E-state index contributed by atoms with van der Waals surface area (Å²) in [5, 5.41) is 7.64. The van der Waals surface area contributed by atoms with Crippen molar-refractivity contribution in [1.29, 1.82) is 0 Å². The van der Waals surface area contributed by atoms with Crippen molar-refractivity contribution in [3.63, 3.8) is 0 Å². The Kier molecular flexibility index (Phi) is 3.96. The van der Waals surface area contributed by atoms with Crippen LogP contribution in [0.4, 0.5) is 0 Å². The van der Waals surface area contributed by atoms with E-state index in [1.54, 1.807) is 0 Å². The number of rotatable bonds is 5. The van der Waals surface area contributed by atoms with Crippen LogP contribution in [0.25, 0.3) is 0 Å². The monoisotopic (exact) mass is 222 g/mol. The summed E-state index contributed by atoms with van der Waals surface area (Å²) >= 11 is 0. The fourth-order valence-corrected chi connectivity index (χ4v) is 2.36. The molecular formula is C12H22N4. The molecule has 0 aromatic carbocycles. The maximum Gasteiger partial charge on any atom is 0.0521 e. The third-order valence-corrected chi connectivity index (χ3v) is 3.36. The standard InChI is InChI=1S/C12H22N4/c1-3-13-8-11-5-7-16(9-11)10-12-4-6-14-15(12)2/h4,6,11,13H,3,5,7-10H2,1-2H3. The van der Waals surface area contributed by atoms with Crippen LogP contribution < -0.4 is 5.32 Å². The largest absolute Gasteiger partial charge is 0.317 e. The van der Waals surface area contributed by atoms with Gasteiger partial charge in [-0.25, -0.2) is 0 Å². The molecule has 4 nitrogen and oxygen atoms in total. The Morgan fingerprint density at radius 2 is 2.44 bits per heavy atom. The van der Waals surface area contributed by atoms with Crippen LogP contribution >= 0.6 is 0 Å². The molecule has 1 aromatic heterocycles. The van der Waals surface area contributed by atoms with Crippen molar-refractivity contribution in [2.45, 2.75) is 19.9 Å². The molecule has 1 saturated heterocycles. The van der Waals surface area contributed by atoms with Gasteiger partial charge in [-0.1, -0.05) is 6.92 Å². The molecule has 0 bridgehead atoms. The predicted octanol–water partition coefficient (Wildman–Crippen LogP) is 0.851. The van der Waals surface area contributed by atoms with Crippen LogP contribution in [0.3, 0.4) is 0 Å². The Morgan fingerprint density at radius 1 is 1.56 bits per heavy atom. The van der Waals surface area contributed by atoms with Crippen molar-refractivity contribution in [3.05, 3.63) is 18.0 Å². The highest BCUT2D eigenvalue weighted by atomic mass is 15.3. The van der Waals surface area contributed by atoms with Crippen LogP contribution in [0.5, 0.6) is 0 Å². The third-order valence-electron chi connectivity index (χ3n) is 3.36. The van der Waals surface area contributed by atoms with Crippen molar-refractivity contribution in [1.82, 2.24) is 20.0 Å². The van der Waals surface area contributed by atoms with Crippen LogP contribution in [0.15, 0.2) is 12.3 Å². The maximum atomic E-state index is 4.20. The molecule has 0 aliphatic carbocycles. The summed E-state index contributed by atoms with van der Waals surface area (Å²) in [5.74, 6) is 0.827. The average molecular weight is 222 g/mol. The van der Waals surface area contributed by atoms with Gasteiger partial charge in [0.25, 0.3) is 0 Å². The lowest BCUT2D eigenvalue weighted by Crippen LogP contribution is -2.26. The molecule has 16 heavy (non-hydrogen) atoms. The van der Waals surface area contributed by atoms with E-state index in [-0.39, 0.29) is 0 Å². The zero-order valence-corrected chi connectivity index (χ0v) is 10.3. The third kappa shape index (κ3) is 2.83. The highest BCUT2D eigenvalue weighted by molar-refractivity contribution is 5.00. The summed E-state index contributed by atoms with van der Waals surface area (Å²) in [6.07, 6.45) is 3.20.